The molecule has 0 aliphatic heterocycles. The number of carbonyl (C=O) groups is 3. The van der Waals surface area contributed by atoms with Crippen molar-refractivity contribution in [2.24, 2.45) is 0 Å². The van der Waals surface area contributed by atoms with E-state index in [0.717, 1.165) is 0 Å². The maximum absolute atomic E-state index is 13.4. The second-order valence-electron chi connectivity index (χ2n) is 8.94. The number of urea groups is 2. The van der Waals surface area contributed by atoms with E-state index in [-0.39, 0.29) is 30.0 Å². The first-order chi connectivity index (χ1) is 21.3. The Labute approximate surface area is 258 Å². The summed E-state index contributed by atoms with van der Waals surface area (Å²) in [5, 5.41) is 2.63. The Morgan fingerprint density at radius 2 is 1.24 bits per heavy atom. The van der Waals surface area contributed by atoms with Crippen molar-refractivity contribution in [3.63, 3.8) is 0 Å². The molecular weight excluding hydrogens is 669 g/mol. The Balaban J connectivity index is 2.08. The van der Waals surface area contributed by atoms with Crippen molar-refractivity contribution < 1.29 is 68.1 Å². The molecule has 9 nitrogen and oxygen atoms in total. The summed E-state index contributed by atoms with van der Waals surface area (Å²) in [5.74, 6) is -6.06. The third-order valence-corrected chi connectivity index (χ3v) is 5.74. The number of rotatable bonds is 10. The third-order valence-electron chi connectivity index (χ3n) is 5.49. The Hall–Kier alpha value is -4.87. The summed E-state index contributed by atoms with van der Waals surface area (Å²) in [7, 11) is 0. The zero-order valence-electron chi connectivity index (χ0n) is 22.7. The molecule has 0 bridgehead atoms. The fourth-order valence-electron chi connectivity index (χ4n) is 3.71. The summed E-state index contributed by atoms with van der Waals surface area (Å²) in [5.41, 5.74) is -0.0366. The lowest BCUT2D eigenvalue weighted by atomic mass is 10.1. The molecule has 1 N–H and O–H groups in total. The van der Waals surface area contributed by atoms with E-state index in [2.05, 4.69) is 19.5 Å². The van der Waals surface area contributed by atoms with Crippen molar-refractivity contribution in [1.29, 1.82) is 0 Å². The predicted octanol–water partition coefficient (Wildman–Crippen LogP) is 7.53. The quantitative estimate of drug-likeness (QED) is 0.175. The van der Waals surface area contributed by atoms with Crippen molar-refractivity contribution in [3.05, 3.63) is 88.4 Å². The zero-order valence-corrected chi connectivity index (χ0v) is 23.4. The van der Waals surface area contributed by atoms with Crippen molar-refractivity contribution in [1.82, 2.24) is 15.1 Å². The monoisotopic (exact) mass is 687 g/mol. The van der Waals surface area contributed by atoms with Crippen LogP contribution in [-0.4, -0.2) is 47.4 Å². The molecule has 0 unspecified atom stereocenters. The van der Waals surface area contributed by atoms with Gasteiger partial charge in [-0.25, -0.2) is 14.5 Å². The Kier molecular flexibility index (Phi) is 11.2. The highest BCUT2D eigenvalue weighted by atomic mass is 35.5. The second kappa shape index (κ2) is 14.5. The van der Waals surface area contributed by atoms with Crippen LogP contribution >= 0.6 is 11.6 Å². The first-order valence-corrected chi connectivity index (χ1v) is 12.7. The van der Waals surface area contributed by atoms with Crippen LogP contribution in [-0.2, 0) is 24.4 Å². The molecule has 0 saturated carbocycles. The number of amides is 5. The number of ether oxygens (including phenoxy) is 3. The number of nitrogens with one attached hydrogen (secondary N) is 1. The minimum atomic E-state index is -5.82. The van der Waals surface area contributed by atoms with Gasteiger partial charge in [0, 0.05) is 11.6 Å². The van der Waals surface area contributed by atoms with Gasteiger partial charge in [-0.15, -0.1) is 39.5 Å². The summed E-state index contributed by atoms with van der Waals surface area (Å²) in [6, 6.07) is 11.1. The fraction of sp³-hybridized carbons (Fsp3) is 0.222. The molecule has 248 valence electrons. The number of hydrogen-bond acceptors (Lipinski definition) is 6. The Morgan fingerprint density at radius 3 is 1.72 bits per heavy atom. The number of hydrogen-bond donors (Lipinski definition) is 1. The molecule has 46 heavy (non-hydrogen) atoms. The van der Waals surface area contributed by atoms with E-state index in [4.69, 9.17) is 11.6 Å². The highest BCUT2D eigenvalue weighted by Crippen LogP contribution is 2.45. The summed E-state index contributed by atoms with van der Waals surface area (Å²) in [4.78, 5) is 39.2. The lowest BCUT2D eigenvalue weighted by Crippen LogP contribution is -2.49. The Morgan fingerprint density at radius 1 is 0.717 bits per heavy atom. The Bertz CT molecular complexity index is 1480. The van der Waals surface area contributed by atoms with Crippen LogP contribution in [0.1, 0.15) is 16.7 Å². The van der Waals surface area contributed by atoms with E-state index in [1.807, 2.05) is 0 Å². The lowest BCUT2D eigenvalue weighted by Gasteiger charge is -2.27. The minimum absolute atomic E-state index is 0.00542. The number of imide groups is 2. The standard InChI is InChI=1S/C27H19ClF9N3O6/c28-19-8-6-16(7-9-19)12-38-23(42)40(24(43)39(15-41)13-17-4-2-1-3-5-17)14-18-10-20(44-25(29,30)31)22(46-27(35,36)37)21(11-18)45-26(32,33)34/h1-11,15H,12-14H2,(H,38,42). The first kappa shape index (κ1) is 35.6. The van der Waals surface area contributed by atoms with Crippen LogP contribution in [0.15, 0.2) is 66.7 Å². The molecule has 0 saturated heterocycles. The predicted molar refractivity (Wildman–Crippen MR) is 139 cm³/mol. The van der Waals surface area contributed by atoms with Crippen molar-refractivity contribution in [2.45, 2.75) is 38.7 Å². The van der Waals surface area contributed by atoms with E-state index < -0.39 is 67.1 Å². The van der Waals surface area contributed by atoms with Crippen LogP contribution in [0.4, 0.5) is 49.1 Å². The number of nitrogens with zero attached hydrogens (tertiary/aromatic N) is 2. The highest BCUT2D eigenvalue weighted by molar-refractivity contribution is 6.30. The topological polar surface area (TPSA) is 97.4 Å². The normalized spacial score (nSPS) is 11.8. The van der Waals surface area contributed by atoms with E-state index in [1.54, 1.807) is 18.2 Å². The van der Waals surface area contributed by atoms with Crippen LogP contribution in [0.25, 0.3) is 0 Å². The van der Waals surface area contributed by atoms with Gasteiger partial charge in [0.15, 0.2) is 11.5 Å². The van der Waals surface area contributed by atoms with Gasteiger partial charge in [0.2, 0.25) is 12.2 Å². The molecule has 0 radical (unpaired) electrons. The number of halogens is 10. The van der Waals surface area contributed by atoms with Gasteiger partial charge >= 0.3 is 31.1 Å². The van der Waals surface area contributed by atoms with Gasteiger partial charge in [-0.05, 0) is 41.0 Å². The molecule has 0 heterocycles. The molecule has 5 amide bonds. The molecule has 3 rings (SSSR count). The van der Waals surface area contributed by atoms with E-state index in [1.165, 1.54) is 36.4 Å². The molecule has 0 aliphatic carbocycles. The van der Waals surface area contributed by atoms with E-state index in [0.29, 0.717) is 21.0 Å². The van der Waals surface area contributed by atoms with Gasteiger partial charge in [0.05, 0.1) is 13.1 Å². The number of carbonyl (C=O) groups excluding carboxylic acids is 3. The van der Waals surface area contributed by atoms with Gasteiger partial charge in [0.1, 0.15) is 0 Å². The molecular formula is C27H19ClF9N3O6. The van der Waals surface area contributed by atoms with Crippen molar-refractivity contribution in [3.8, 4) is 17.2 Å². The third kappa shape index (κ3) is 11.2. The maximum atomic E-state index is 13.4. The second-order valence-corrected chi connectivity index (χ2v) is 9.37. The molecule has 0 fully saturated rings. The molecule has 0 spiro atoms. The van der Waals surface area contributed by atoms with E-state index in [9.17, 15) is 53.9 Å². The lowest BCUT2D eigenvalue weighted by molar-refractivity contribution is -0.293. The van der Waals surface area contributed by atoms with Crippen molar-refractivity contribution in [2.75, 3.05) is 0 Å². The van der Waals surface area contributed by atoms with Crippen LogP contribution < -0.4 is 19.5 Å². The van der Waals surface area contributed by atoms with Gasteiger partial charge in [0.25, 0.3) is 0 Å². The fourth-order valence-corrected chi connectivity index (χ4v) is 3.83. The van der Waals surface area contributed by atoms with E-state index >= 15 is 0 Å². The van der Waals surface area contributed by atoms with Gasteiger partial charge < -0.3 is 19.5 Å². The van der Waals surface area contributed by atoms with Gasteiger partial charge in [-0.3, -0.25) is 9.69 Å². The molecule has 0 aromatic heterocycles. The number of benzene rings is 3. The molecule has 19 heteroatoms. The summed E-state index contributed by atoms with van der Waals surface area (Å²) < 4.78 is 128. The van der Waals surface area contributed by atoms with Crippen LogP contribution in [0, 0.1) is 0 Å². The number of alkyl halides is 9. The first-order valence-electron chi connectivity index (χ1n) is 12.4. The summed E-state index contributed by atoms with van der Waals surface area (Å²) >= 11 is 5.81. The molecule has 3 aromatic carbocycles. The van der Waals surface area contributed by atoms with Crippen LogP contribution in [0.5, 0.6) is 17.2 Å². The largest absolute Gasteiger partial charge is 0.573 e. The van der Waals surface area contributed by atoms with Gasteiger partial charge in [-0.2, -0.15) is 0 Å². The van der Waals surface area contributed by atoms with Crippen LogP contribution in [0.2, 0.25) is 5.02 Å². The molecule has 0 atom stereocenters. The maximum Gasteiger partial charge on any atom is 0.573 e. The van der Waals surface area contributed by atoms with Crippen LogP contribution in [0.3, 0.4) is 0 Å². The van der Waals surface area contributed by atoms with Crippen molar-refractivity contribution >= 4 is 30.1 Å². The summed E-state index contributed by atoms with van der Waals surface area (Å²) in [6.07, 6.45) is -17.3. The molecule has 3 aromatic rings. The highest BCUT2D eigenvalue weighted by Gasteiger charge is 2.41. The molecule has 0 aliphatic rings. The summed E-state index contributed by atoms with van der Waals surface area (Å²) in [6.45, 7) is -1.94. The zero-order chi connectivity index (χ0) is 34.3. The minimum Gasteiger partial charge on any atom is -0.402 e. The van der Waals surface area contributed by atoms with Gasteiger partial charge in [-0.1, -0.05) is 54.1 Å². The smallest absolute Gasteiger partial charge is 0.402 e. The average Bonchev–Trinajstić information content (AvgIpc) is 2.94. The average molecular weight is 688 g/mol. The SMILES string of the molecule is O=CN(Cc1ccccc1)C(=O)N(Cc1cc(OC(F)(F)F)c(OC(F)(F)F)c(OC(F)(F)F)c1)C(=O)NCc1ccc(Cl)cc1.